The molecule has 1 unspecified atom stereocenters. The van der Waals surface area contributed by atoms with E-state index in [1.54, 1.807) is 17.5 Å². The van der Waals surface area contributed by atoms with Crippen LogP contribution in [-0.2, 0) is 17.4 Å². The van der Waals surface area contributed by atoms with E-state index in [0.29, 0.717) is 25.0 Å². The van der Waals surface area contributed by atoms with E-state index in [9.17, 15) is 9.69 Å². The highest BCUT2D eigenvalue weighted by Crippen LogP contribution is 2.27. The smallest absolute Gasteiger partial charge is 0.248 e. The van der Waals surface area contributed by atoms with E-state index in [0.717, 1.165) is 28.8 Å². The molecule has 2 heterocycles. The Morgan fingerprint density at radius 1 is 1.16 bits per heavy atom. The van der Waals surface area contributed by atoms with E-state index in [4.69, 9.17) is 0 Å². The van der Waals surface area contributed by atoms with Crippen molar-refractivity contribution in [1.82, 2.24) is 10.3 Å². The number of carbonyl (C=O) groups excluding carboxylic acids is 1. The fourth-order valence-electron chi connectivity index (χ4n) is 3.40. The molecule has 0 saturated heterocycles. The summed E-state index contributed by atoms with van der Waals surface area (Å²) in [6, 6.07) is 15.8. The van der Waals surface area contributed by atoms with Gasteiger partial charge in [-0.3, -0.25) is 9.78 Å². The highest BCUT2D eigenvalue weighted by atomic mass is 32.1. The van der Waals surface area contributed by atoms with Crippen molar-refractivity contribution < 1.29 is 9.69 Å². The van der Waals surface area contributed by atoms with Gasteiger partial charge in [-0.05, 0) is 59.4 Å². The number of thiophene rings is 1. The van der Waals surface area contributed by atoms with Crippen molar-refractivity contribution >= 4 is 25.2 Å². The molecule has 168 valence electrons. The Labute approximate surface area is 195 Å². The standard InChI is InChI=1S/C25H30N3O2PS/c1-19(2)16-24(28-31(30)18-23-8-5-15-32-23)25(29)27-14-3-6-20-9-11-21(12-10-20)22-7-4-13-26-17-22/h4-5,7-13,15,17,19,24H,3,6,14,16,18H2,1-2H3,(H,27,29)/t24-/m0/s1. The number of pyridine rings is 1. The van der Waals surface area contributed by atoms with Gasteiger partial charge in [0.25, 0.3) is 0 Å². The number of hydrogen-bond acceptors (Lipinski definition) is 5. The van der Waals surface area contributed by atoms with Crippen LogP contribution >= 0.6 is 19.3 Å². The first kappa shape index (κ1) is 24.2. The molecule has 1 amide bonds. The lowest BCUT2D eigenvalue weighted by Gasteiger charge is -2.13. The van der Waals surface area contributed by atoms with E-state index in [-0.39, 0.29) is 5.91 Å². The average molecular weight is 468 g/mol. The number of amides is 1. The second-order valence-corrected chi connectivity index (χ2v) is 10.5. The summed E-state index contributed by atoms with van der Waals surface area (Å²) in [4.78, 5) is 30.3. The molecule has 32 heavy (non-hydrogen) atoms. The molecule has 0 aliphatic carbocycles. The van der Waals surface area contributed by atoms with E-state index >= 15 is 0 Å². The molecule has 3 aromatic rings. The predicted molar refractivity (Wildman–Crippen MR) is 132 cm³/mol. The van der Waals surface area contributed by atoms with Gasteiger partial charge in [0.1, 0.15) is 0 Å². The summed E-state index contributed by atoms with van der Waals surface area (Å²) >= 11 is 1.57. The lowest BCUT2D eigenvalue weighted by molar-refractivity contribution is -0.156. The van der Waals surface area contributed by atoms with Gasteiger partial charge in [-0.25, -0.2) is 0 Å². The highest BCUT2D eigenvalue weighted by molar-refractivity contribution is 7.39. The van der Waals surface area contributed by atoms with E-state index in [1.165, 1.54) is 5.56 Å². The SMILES string of the molecule is CC(C)C[C@H](N=[P+]([O-])Cc1cccs1)C(=O)NCCCc1ccc(-c2cccnc2)cc1. The summed E-state index contributed by atoms with van der Waals surface area (Å²) in [6.07, 6.45) is 6.36. The molecule has 2 atom stereocenters. The molecule has 0 saturated carbocycles. The number of aryl methyl sites for hydroxylation is 1. The summed E-state index contributed by atoms with van der Waals surface area (Å²) in [7, 11) is -1.79. The summed E-state index contributed by atoms with van der Waals surface area (Å²) in [5.41, 5.74) is 3.47. The van der Waals surface area contributed by atoms with Crippen molar-refractivity contribution in [2.45, 2.75) is 45.3 Å². The van der Waals surface area contributed by atoms with Gasteiger partial charge in [-0.2, -0.15) is 0 Å². The van der Waals surface area contributed by atoms with Crippen LogP contribution in [0.25, 0.3) is 11.1 Å². The van der Waals surface area contributed by atoms with E-state index in [1.807, 2.05) is 35.8 Å². The largest absolute Gasteiger partial charge is 0.612 e. The predicted octanol–water partition coefficient (Wildman–Crippen LogP) is 5.41. The van der Waals surface area contributed by atoms with E-state index < -0.39 is 14.0 Å². The van der Waals surface area contributed by atoms with Crippen molar-refractivity contribution in [3.8, 4) is 11.1 Å². The van der Waals surface area contributed by atoms with Gasteiger partial charge in [0.05, 0.1) is 4.88 Å². The molecule has 0 fully saturated rings. The zero-order chi connectivity index (χ0) is 22.8. The molecule has 0 aliphatic rings. The first-order chi connectivity index (χ1) is 15.5. The quantitative estimate of drug-likeness (QED) is 0.302. The van der Waals surface area contributed by atoms with Gasteiger partial charge < -0.3 is 10.2 Å². The molecular formula is C25H30N3O2PS. The van der Waals surface area contributed by atoms with Crippen LogP contribution in [0.3, 0.4) is 0 Å². The molecule has 3 rings (SSSR count). The molecule has 7 heteroatoms. The Morgan fingerprint density at radius 2 is 1.97 bits per heavy atom. The molecule has 0 aliphatic heterocycles. The fraction of sp³-hybridized carbons (Fsp3) is 0.360. The number of rotatable bonds is 11. The Hall–Kier alpha value is -2.40. The average Bonchev–Trinajstić information content (AvgIpc) is 3.29. The Bertz CT molecular complexity index is 990. The maximum absolute atomic E-state index is 12.7. The topological polar surface area (TPSA) is 77.4 Å². The maximum atomic E-state index is 12.7. The Balaban J connectivity index is 1.48. The number of carbonyl (C=O) groups is 1. The van der Waals surface area contributed by atoms with Crippen LogP contribution in [0.15, 0.2) is 71.0 Å². The molecule has 1 aromatic carbocycles. The van der Waals surface area contributed by atoms with Crippen LogP contribution in [-0.4, -0.2) is 23.5 Å². The van der Waals surface area contributed by atoms with Crippen molar-refractivity contribution in [2.75, 3.05) is 6.54 Å². The van der Waals surface area contributed by atoms with Gasteiger partial charge >= 0.3 is 0 Å². The molecule has 2 aromatic heterocycles. The third-order valence-corrected chi connectivity index (χ3v) is 7.26. The Morgan fingerprint density at radius 3 is 2.62 bits per heavy atom. The van der Waals surface area contributed by atoms with Crippen molar-refractivity contribution in [2.24, 2.45) is 10.7 Å². The van der Waals surface area contributed by atoms with Crippen LogP contribution in [0.4, 0.5) is 0 Å². The van der Waals surface area contributed by atoms with Crippen molar-refractivity contribution in [3.63, 3.8) is 0 Å². The summed E-state index contributed by atoms with van der Waals surface area (Å²) in [5.74, 6) is 0.179. The molecule has 1 N–H and O–H groups in total. The van der Waals surface area contributed by atoms with Gasteiger partial charge in [-0.15, -0.1) is 16.1 Å². The molecule has 0 radical (unpaired) electrons. The lowest BCUT2D eigenvalue weighted by Crippen LogP contribution is -2.35. The molecule has 0 spiro atoms. The van der Waals surface area contributed by atoms with Gasteiger partial charge in [0.2, 0.25) is 5.91 Å². The van der Waals surface area contributed by atoms with Gasteiger partial charge in [-0.1, -0.05) is 50.2 Å². The number of hydrogen-bond donors (Lipinski definition) is 1. The minimum absolute atomic E-state index is 0.125. The lowest BCUT2D eigenvalue weighted by atomic mass is 10.0. The third kappa shape index (κ3) is 7.94. The van der Waals surface area contributed by atoms with Crippen LogP contribution in [0.1, 0.15) is 37.1 Å². The number of aromatic nitrogens is 1. The number of nitrogens with zero attached hydrogens (tertiary/aromatic N) is 2. The summed E-state index contributed by atoms with van der Waals surface area (Å²) < 4.78 is 4.37. The second-order valence-electron chi connectivity index (χ2n) is 8.18. The van der Waals surface area contributed by atoms with Gasteiger partial charge in [0, 0.05) is 18.9 Å². The molecular weight excluding hydrogens is 437 g/mol. The van der Waals surface area contributed by atoms with E-state index in [2.05, 4.69) is 53.2 Å². The fourth-order valence-corrected chi connectivity index (χ4v) is 5.49. The van der Waals surface area contributed by atoms with Crippen LogP contribution in [0.2, 0.25) is 0 Å². The normalized spacial score (nSPS) is 12.7. The highest BCUT2D eigenvalue weighted by Gasteiger charge is 2.22. The second kappa shape index (κ2) is 12.6. The summed E-state index contributed by atoms with van der Waals surface area (Å²) in [5, 5.41) is 4.95. The minimum atomic E-state index is -1.79. The first-order valence-corrected chi connectivity index (χ1v) is 13.2. The van der Waals surface area contributed by atoms with Crippen molar-refractivity contribution in [1.29, 1.82) is 0 Å². The van der Waals surface area contributed by atoms with Crippen LogP contribution in [0.5, 0.6) is 0 Å². The first-order valence-electron chi connectivity index (χ1n) is 11.0. The van der Waals surface area contributed by atoms with Gasteiger partial charge in [0.15, 0.2) is 20.1 Å². The number of benzene rings is 1. The summed E-state index contributed by atoms with van der Waals surface area (Å²) in [6.45, 7) is 4.68. The van der Waals surface area contributed by atoms with Crippen molar-refractivity contribution in [3.05, 3.63) is 76.7 Å². The zero-order valence-electron chi connectivity index (χ0n) is 18.6. The number of nitrogens with one attached hydrogen (secondary N) is 1. The zero-order valence-corrected chi connectivity index (χ0v) is 20.3. The minimum Gasteiger partial charge on any atom is -0.612 e. The molecule has 0 bridgehead atoms. The van der Waals surface area contributed by atoms with Crippen LogP contribution < -0.4 is 10.2 Å². The molecule has 5 nitrogen and oxygen atoms in total. The Kier molecular flexibility index (Phi) is 9.54. The van der Waals surface area contributed by atoms with Crippen LogP contribution in [0, 0.1) is 5.92 Å². The third-order valence-electron chi connectivity index (χ3n) is 5.03. The maximum Gasteiger partial charge on any atom is 0.248 e. The monoisotopic (exact) mass is 467 g/mol.